The van der Waals surface area contributed by atoms with Gasteiger partial charge in [-0.3, -0.25) is 4.79 Å². The Morgan fingerprint density at radius 1 is 1.47 bits per heavy atom. The molecule has 1 aromatic rings. The zero-order chi connectivity index (χ0) is 13.7. The molecular formula is C15H22N2O2. The summed E-state index contributed by atoms with van der Waals surface area (Å²) < 4.78 is 5.15. The molecule has 0 aromatic heterocycles. The van der Waals surface area contributed by atoms with Gasteiger partial charge in [0, 0.05) is 18.2 Å². The van der Waals surface area contributed by atoms with Gasteiger partial charge in [-0.1, -0.05) is 6.42 Å². The smallest absolute Gasteiger partial charge is 0.225 e. The van der Waals surface area contributed by atoms with Gasteiger partial charge in [0.15, 0.2) is 0 Å². The molecule has 0 spiro atoms. The number of nitrogens with one attached hydrogen (secondary N) is 2. The summed E-state index contributed by atoms with van der Waals surface area (Å²) in [6.07, 6.45) is 4.07. The molecule has 1 saturated heterocycles. The summed E-state index contributed by atoms with van der Waals surface area (Å²) in [7, 11) is 1.64. The Hall–Kier alpha value is -1.55. The number of hydrogen-bond acceptors (Lipinski definition) is 3. The summed E-state index contributed by atoms with van der Waals surface area (Å²) in [5.41, 5.74) is 1.88. The van der Waals surface area contributed by atoms with E-state index in [1.165, 1.54) is 12.8 Å². The van der Waals surface area contributed by atoms with Crippen LogP contribution >= 0.6 is 0 Å². The third-order valence-electron chi connectivity index (χ3n) is 3.55. The molecule has 1 unspecified atom stereocenters. The van der Waals surface area contributed by atoms with Crippen molar-refractivity contribution in [2.45, 2.75) is 38.6 Å². The van der Waals surface area contributed by atoms with Crippen molar-refractivity contribution in [2.24, 2.45) is 0 Å². The fraction of sp³-hybridized carbons (Fsp3) is 0.533. The number of benzene rings is 1. The average molecular weight is 262 g/mol. The van der Waals surface area contributed by atoms with Crippen LogP contribution in [0.2, 0.25) is 0 Å². The molecule has 0 saturated carbocycles. The SMILES string of the molecule is COc1ccc(NC(=O)CC2CCCCN2)c(C)c1. The summed E-state index contributed by atoms with van der Waals surface area (Å²) in [4.78, 5) is 12.0. The molecule has 4 heteroatoms. The van der Waals surface area contributed by atoms with Crippen LogP contribution in [0.1, 0.15) is 31.2 Å². The van der Waals surface area contributed by atoms with Crippen LogP contribution < -0.4 is 15.4 Å². The highest BCUT2D eigenvalue weighted by molar-refractivity contribution is 5.91. The second-order valence-corrected chi connectivity index (χ2v) is 5.08. The fourth-order valence-corrected chi connectivity index (χ4v) is 2.43. The molecule has 1 heterocycles. The number of piperidine rings is 1. The predicted molar refractivity (Wildman–Crippen MR) is 76.6 cm³/mol. The van der Waals surface area contributed by atoms with E-state index in [0.29, 0.717) is 12.5 Å². The molecular weight excluding hydrogens is 240 g/mol. The number of carbonyl (C=O) groups excluding carboxylic acids is 1. The van der Waals surface area contributed by atoms with Gasteiger partial charge in [-0.15, -0.1) is 0 Å². The summed E-state index contributed by atoms with van der Waals surface area (Å²) >= 11 is 0. The van der Waals surface area contributed by atoms with Gasteiger partial charge >= 0.3 is 0 Å². The number of anilines is 1. The van der Waals surface area contributed by atoms with Crippen LogP contribution in [0.4, 0.5) is 5.69 Å². The standard InChI is InChI=1S/C15H22N2O2/c1-11-9-13(19-2)6-7-14(11)17-15(18)10-12-5-3-4-8-16-12/h6-7,9,12,16H,3-5,8,10H2,1-2H3,(H,17,18). The minimum atomic E-state index is 0.0765. The summed E-state index contributed by atoms with van der Waals surface area (Å²) in [5, 5.41) is 6.36. The number of amides is 1. The predicted octanol–water partition coefficient (Wildman–Crippen LogP) is 2.47. The van der Waals surface area contributed by atoms with Crippen LogP contribution in [0.3, 0.4) is 0 Å². The molecule has 1 aromatic carbocycles. The van der Waals surface area contributed by atoms with E-state index in [4.69, 9.17) is 4.74 Å². The van der Waals surface area contributed by atoms with Crippen molar-refractivity contribution in [2.75, 3.05) is 19.0 Å². The molecule has 1 fully saturated rings. The zero-order valence-corrected chi connectivity index (χ0v) is 11.7. The highest BCUT2D eigenvalue weighted by Gasteiger charge is 2.16. The topological polar surface area (TPSA) is 50.4 Å². The lowest BCUT2D eigenvalue weighted by Crippen LogP contribution is -2.37. The van der Waals surface area contributed by atoms with Crippen molar-refractivity contribution in [1.82, 2.24) is 5.32 Å². The highest BCUT2D eigenvalue weighted by Crippen LogP contribution is 2.21. The normalized spacial score (nSPS) is 18.9. The zero-order valence-electron chi connectivity index (χ0n) is 11.7. The van der Waals surface area contributed by atoms with E-state index in [0.717, 1.165) is 30.0 Å². The number of aryl methyl sites for hydroxylation is 1. The Balaban J connectivity index is 1.91. The third-order valence-corrected chi connectivity index (χ3v) is 3.55. The summed E-state index contributed by atoms with van der Waals surface area (Å²) in [6.45, 7) is 3.00. The van der Waals surface area contributed by atoms with Crippen molar-refractivity contribution >= 4 is 11.6 Å². The quantitative estimate of drug-likeness (QED) is 0.876. The van der Waals surface area contributed by atoms with Gasteiger partial charge in [-0.2, -0.15) is 0 Å². The van der Waals surface area contributed by atoms with E-state index in [1.54, 1.807) is 7.11 Å². The molecule has 1 aliphatic rings. The highest BCUT2D eigenvalue weighted by atomic mass is 16.5. The first kappa shape index (κ1) is 13.9. The van der Waals surface area contributed by atoms with Gasteiger partial charge in [-0.05, 0) is 50.1 Å². The molecule has 2 N–H and O–H groups in total. The number of ether oxygens (including phenoxy) is 1. The Labute approximate surface area is 114 Å². The Bertz CT molecular complexity index is 440. The maximum absolute atomic E-state index is 12.0. The van der Waals surface area contributed by atoms with E-state index >= 15 is 0 Å². The van der Waals surface area contributed by atoms with Crippen molar-refractivity contribution in [3.63, 3.8) is 0 Å². The Kier molecular flexibility index (Phi) is 4.80. The van der Waals surface area contributed by atoms with Crippen molar-refractivity contribution in [1.29, 1.82) is 0 Å². The Morgan fingerprint density at radius 2 is 2.32 bits per heavy atom. The van der Waals surface area contributed by atoms with E-state index in [-0.39, 0.29) is 5.91 Å². The first-order valence-corrected chi connectivity index (χ1v) is 6.87. The van der Waals surface area contributed by atoms with Gasteiger partial charge < -0.3 is 15.4 Å². The number of rotatable bonds is 4. The Morgan fingerprint density at radius 3 is 2.95 bits per heavy atom. The van der Waals surface area contributed by atoms with E-state index in [1.807, 2.05) is 25.1 Å². The average Bonchev–Trinajstić information content (AvgIpc) is 2.42. The number of methoxy groups -OCH3 is 1. The first-order chi connectivity index (χ1) is 9.19. The lowest BCUT2D eigenvalue weighted by atomic mass is 10.0. The molecule has 0 radical (unpaired) electrons. The lowest BCUT2D eigenvalue weighted by molar-refractivity contribution is -0.116. The van der Waals surface area contributed by atoms with Crippen LogP contribution in [0.5, 0.6) is 5.75 Å². The second-order valence-electron chi connectivity index (χ2n) is 5.08. The van der Waals surface area contributed by atoms with E-state index < -0.39 is 0 Å². The lowest BCUT2D eigenvalue weighted by Gasteiger charge is -2.23. The maximum Gasteiger partial charge on any atom is 0.225 e. The first-order valence-electron chi connectivity index (χ1n) is 6.87. The van der Waals surface area contributed by atoms with Crippen molar-refractivity contribution in [3.8, 4) is 5.75 Å². The molecule has 104 valence electrons. The molecule has 2 rings (SSSR count). The maximum atomic E-state index is 12.0. The molecule has 1 atom stereocenters. The fourth-order valence-electron chi connectivity index (χ4n) is 2.43. The van der Waals surface area contributed by atoms with Gasteiger partial charge in [0.25, 0.3) is 0 Å². The van der Waals surface area contributed by atoms with Crippen LogP contribution in [0, 0.1) is 6.92 Å². The minimum absolute atomic E-state index is 0.0765. The van der Waals surface area contributed by atoms with Gasteiger partial charge in [0.05, 0.1) is 7.11 Å². The van der Waals surface area contributed by atoms with Gasteiger partial charge in [0.2, 0.25) is 5.91 Å². The largest absolute Gasteiger partial charge is 0.497 e. The van der Waals surface area contributed by atoms with Crippen LogP contribution in [-0.4, -0.2) is 25.6 Å². The molecule has 1 aliphatic heterocycles. The second kappa shape index (κ2) is 6.57. The summed E-state index contributed by atoms with van der Waals surface area (Å²) in [6, 6.07) is 6.00. The molecule has 0 aliphatic carbocycles. The molecule has 1 amide bonds. The minimum Gasteiger partial charge on any atom is -0.497 e. The third kappa shape index (κ3) is 3.96. The number of carbonyl (C=O) groups is 1. The van der Waals surface area contributed by atoms with Crippen molar-refractivity contribution < 1.29 is 9.53 Å². The van der Waals surface area contributed by atoms with Crippen LogP contribution in [-0.2, 0) is 4.79 Å². The van der Waals surface area contributed by atoms with E-state index in [9.17, 15) is 4.79 Å². The van der Waals surface area contributed by atoms with Gasteiger partial charge in [0.1, 0.15) is 5.75 Å². The van der Waals surface area contributed by atoms with Gasteiger partial charge in [-0.25, -0.2) is 0 Å². The molecule has 0 bridgehead atoms. The van der Waals surface area contributed by atoms with Crippen molar-refractivity contribution in [3.05, 3.63) is 23.8 Å². The van der Waals surface area contributed by atoms with Crippen LogP contribution in [0.15, 0.2) is 18.2 Å². The monoisotopic (exact) mass is 262 g/mol. The van der Waals surface area contributed by atoms with E-state index in [2.05, 4.69) is 10.6 Å². The molecule has 19 heavy (non-hydrogen) atoms. The van der Waals surface area contributed by atoms with Crippen LogP contribution in [0.25, 0.3) is 0 Å². The molecule has 4 nitrogen and oxygen atoms in total. The number of hydrogen-bond donors (Lipinski definition) is 2. The summed E-state index contributed by atoms with van der Waals surface area (Å²) in [5.74, 6) is 0.886.